The van der Waals surface area contributed by atoms with Crippen molar-refractivity contribution >= 4 is 27.0 Å². The zero-order chi connectivity index (χ0) is 24.1. The summed E-state index contributed by atoms with van der Waals surface area (Å²) in [7, 11) is -3.41. The minimum atomic E-state index is -3.41. The molecule has 9 nitrogen and oxygen atoms in total. The van der Waals surface area contributed by atoms with Crippen LogP contribution < -0.4 is 5.32 Å². The van der Waals surface area contributed by atoms with Gasteiger partial charge in [0.25, 0.3) is 0 Å². The number of hydrogen-bond acceptors (Lipinski definition) is 7. The van der Waals surface area contributed by atoms with Gasteiger partial charge in [0, 0.05) is 24.2 Å². The van der Waals surface area contributed by atoms with Crippen molar-refractivity contribution in [1.29, 1.82) is 0 Å². The van der Waals surface area contributed by atoms with E-state index in [1.54, 1.807) is 17.0 Å². The number of sulfonamides is 1. The number of imidazole rings is 1. The number of hydrogen-bond donors (Lipinski definition) is 2. The van der Waals surface area contributed by atoms with E-state index in [2.05, 4.69) is 20.3 Å². The SMILES string of the molecule is CC(C)(C)n1cnc2c(F)cc(-c3nc(N[C@@H]4CCN(S(C)(=O)=O)C[C@H]4O)ncc3F)cc21. The molecule has 0 amide bonds. The predicted molar refractivity (Wildman–Crippen MR) is 120 cm³/mol. The molecule has 4 rings (SSSR count). The predicted octanol–water partition coefficient (Wildman–Crippen LogP) is 2.33. The molecule has 12 heteroatoms. The molecular formula is C21H26F2N6O3S. The molecule has 0 spiro atoms. The minimum absolute atomic E-state index is 0.0492. The van der Waals surface area contributed by atoms with Crippen LogP contribution in [0.3, 0.4) is 0 Å². The average Bonchev–Trinajstić information content (AvgIpc) is 3.15. The maximum absolute atomic E-state index is 14.8. The van der Waals surface area contributed by atoms with Gasteiger partial charge < -0.3 is 15.0 Å². The smallest absolute Gasteiger partial charge is 0.223 e. The molecule has 1 fully saturated rings. The molecule has 2 aromatic heterocycles. The molecule has 33 heavy (non-hydrogen) atoms. The third-order valence-corrected chi connectivity index (χ3v) is 6.94. The van der Waals surface area contributed by atoms with Gasteiger partial charge in [0.1, 0.15) is 11.2 Å². The average molecular weight is 481 g/mol. The lowest BCUT2D eigenvalue weighted by molar-refractivity contribution is 0.0950. The number of nitrogens with zero attached hydrogens (tertiary/aromatic N) is 5. The van der Waals surface area contributed by atoms with Crippen LogP contribution in [-0.4, -0.2) is 68.8 Å². The van der Waals surface area contributed by atoms with Crippen LogP contribution in [0.4, 0.5) is 14.7 Å². The zero-order valence-corrected chi connectivity index (χ0v) is 19.6. The largest absolute Gasteiger partial charge is 0.390 e. The highest BCUT2D eigenvalue weighted by molar-refractivity contribution is 7.88. The third kappa shape index (κ3) is 4.68. The number of halogens is 2. The number of fused-ring (bicyclic) bond motifs is 1. The van der Waals surface area contributed by atoms with E-state index in [1.807, 2.05) is 20.8 Å². The van der Waals surface area contributed by atoms with Gasteiger partial charge >= 0.3 is 0 Å². The summed E-state index contributed by atoms with van der Waals surface area (Å²) in [5, 5.41) is 13.3. The monoisotopic (exact) mass is 480 g/mol. The number of aliphatic hydroxyl groups is 1. The van der Waals surface area contributed by atoms with E-state index >= 15 is 0 Å². The first-order chi connectivity index (χ1) is 15.3. The summed E-state index contributed by atoms with van der Waals surface area (Å²) in [4.78, 5) is 12.3. The van der Waals surface area contributed by atoms with Crippen LogP contribution >= 0.6 is 0 Å². The second-order valence-electron chi connectivity index (χ2n) is 9.23. The molecule has 0 saturated carbocycles. The fourth-order valence-electron chi connectivity index (χ4n) is 3.92. The van der Waals surface area contributed by atoms with Crippen LogP contribution in [0.15, 0.2) is 24.7 Å². The number of aliphatic hydroxyl groups excluding tert-OH is 1. The van der Waals surface area contributed by atoms with Gasteiger partial charge in [0.05, 0.1) is 36.4 Å². The summed E-state index contributed by atoms with van der Waals surface area (Å²) in [5.74, 6) is -1.27. The lowest BCUT2D eigenvalue weighted by Crippen LogP contribution is -2.51. The van der Waals surface area contributed by atoms with Gasteiger partial charge in [-0.05, 0) is 39.3 Å². The Hall–Kier alpha value is -2.70. The molecule has 0 unspecified atom stereocenters. The first kappa shape index (κ1) is 23.5. The van der Waals surface area contributed by atoms with Crippen molar-refractivity contribution in [2.75, 3.05) is 24.7 Å². The van der Waals surface area contributed by atoms with E-state index in [9.17, 15) is 22.3 Å². The molecule has 1 saturated heterocycles. The lowest BCUT2D eigenvalue weighted by atomic mass is 10.0. The van der Waals surface area contributed by atoms with Crippen molar-refractivity contribution in [2.45, 2.75) is 44.9 Å². The van der Waals surface area contributed by atoms with E-state index in [0.29, 0.717) is 11.9 Å². The van der Waals surface area contributed by atoms with Gasteiger partial charge in [0.2, 0.25) is 16.0 Å². The first-order valence-corrected chi connectivity index (χ1v) is 12.3. The zero-order valence-electron chi connectivity index (χ0n) is 18.7. The maximum Gasteiger partial charge on any atom is 0.223 e. The quantitative estimate of drug-likeness (QED) is 0.589. The third-order valence-electron chi connectivity index (χ3n) is 5.67. The molecule has 178 valence electrons. The summed E-state index contributed by atoms with van der Waals surface area (Å²) >= 11 is 0. The van der Waals surface area contributed by atoms with Crippen molar-refractivity contribution in [3.05, 3.63) is 36.3 Å². The van der Waals surface area contributed by atoms with Crippen LogP contribution in [0.5, 0.6) is 0 Å². The second-order valence-corrected chi connectivity index (χ2v) is 11.2. The molecule has 3 heterocycles. The fraction of sp³-hybridized carbons (Fsp3) is 0.476. The molecule has 2 atom stereocenters. The molecule has 3 aromatic rings. The molecule has 1 aromatic carbocycles. The van der Waals surface area contributed by atoms with Crippen molar-refractivity contribution in [1.82, 2.24) is 23.8 Å². The van der Waals surface area contributed by atoms with Crippen LogP contribution in [0.25, 0.3) is 22.3 Å². The normalized spacial score (nSPS) is 20.3. The summed E-state index contributed by atoms with van der Waals surface area (Å²) in [5.41, 5.74) is 0.448. The summed E-state index contributed by atoms with van der Waals surface area (Å²) in [6.45, 7) is 6.01. The Bertz CT molecular complexity index is 1310. The number of rotatable bonds is 4. The van der Waals surface area contributed by atoms with Crippen molar-refractivity contribution in [2.24, 2.45) is 0 Å². The number of anilines is 1. The first-order valence-electron chi connectivity index (χ1n) is 10.4. The Kier molecular flexibility index (Phi) is 5.87. The van der Waals surface area contributed by atoms with E-state index in [1.165, 1.54) is 10.4 Å². The Morgan fingerprint density at radius 3 is 2.55 bits per heavy atom. The highest BCUT2D eigenvalue weighted by Crippen LogP contribution is 2.30. The van der Waals surface area contributed by atoms with Gasteiger partial charge in [-0.25, -0.2) is 32.2 Å². The number of nitrogens with one attached hydrogen (secondary N) is 1. The van der Waals surface area contributed by atoms with Gasteiger partial charge in [-0.3, -0.25) is 0 Å². The van der Waals surface area contributed by atoms with Crippen LogP contribution in [0, 0.1) is 11.6 Å². The number of β-amino-alcohol motifs (C(OH)–C–C–N with tert-alkyl or cyclic N) is 1. The molecule has 0 aliphatic carbocycles. The minimum Gasteiger partial charge on any atom is -0.390 e. The maximum atomic E-state index is 14.8. The Morgan fingerprint density at radius 1 is 1.18 bits per heavy atom. The summed E-state index contributed by atoms with van der Waals surface area (Å²) in [6.07, 6.45) is 2.93. The molecule has 1 aliphatic heterocycles. The van der Waals surface area contributed by atoms with Crippen molar-refractivity contribution in [3.63, 3.8) is 0 Å². The van der Waals surface area contributed by atoms with Gasteiger partial charge in [-0.15, -0.1) is 0 Å². The number of piperidine rings is 1. The van der Waals surface area contributed by atoms with Gasteiger partial charge in [-0.2, -0.15) is 4.31 Å². The van der Waals surface area contributed by atoms with Crippen molar-refractivity contribution in [3.8, 4) is 11.3 Å². The van der Waals surface area contributed by atoms with E-state index < -0.39 is 33.8 Å². The number of benzene rings is 1. The van der Waals surface area contributed by atoms with Crippen LogP contribution in [-0.2, 0) is 15.6 Å². The van der Waals surface area contributed by atoms with Gasteiger partial charge in [0.15, 0.2) is 11.6 Å². The lowest BCUT2D eigenvalue weighted by Gasteiger charge is -2.34. The second kappa shape index (κ2) is 8.26. The highest BCUT2D eigenvalue weighted by atomic mass is 32.2. The molecular weight excluding hydrogens is 454 g/mol. The van der Waals surface area contributed by atoms with Crippen molar-refractivity contribution < 1.29 is 22.3 Å². The molecule has 0 radical (unpaired) electrons. The van der Waals surface area contributed by atoms with E-state index in [4.69, 9.17) is 0 Å². The standard InChI is InChI=1S/C21H26F2N6O3S/c1-21(2,3)29-11-25-19-13(22)7-12(8-16(19)29)18-14(23)9-24-20(27-18)26-15-5-6-28(10-17(15)30)33(4,31)32/h7-9,11,15,17,30H,5-6,10H2,1-4H3,(H,24,26,27)/t15-,17-/m1/s1. The van der Waals surface area contributed by atoms with Crippen LogP contribution in [0.1, 0.15) is 27.2 Å². The number of aromatic nitrogens is 4. The van der Waals surface area contributed by atoms with E-state index in [0.717, 1.165) is 12.5 Å². The molecule has 0 bridgehead atoms. The Balaban J connectivity index is 1.65. The molecule has 2 N–H and O–H groups in total. The van der Waals surface area contributed by atoms with E-state index in [-0.39, 0.29) is 41.4 Å². The molecule has 1 aliphatic rings. The topological polar surface area (TPSA) is 113 Å². The Morgan fingerprint density at radius 2 is 1.91 bits per heavy atom. The fourth-order valence-corrected chi connectivity index (χ4v) is 4.78. The van der Waals surface area contributed by atoms with Gasteiger partial charge in [-0.1, -0.05) is 0 Å². The Labute approximate surface area is 190 Å². The summed E-state index contributed by atoms with van der Waals surface area (Å²) < 4.78 is 55.9. The summed E-state index contributed by atoms with van der Waals surface area (Å²) in [6, 6.07) is 2.28. The highest BCUT2D eigenvalue weighted by Gasteiger charge is 2.32. The van der Waals surface area contributed by atoms with Crippen LogP contribution in [0.2, 0.25) is 0 Å².